The van der Waals surface area contributed by atoms with Crippen molar-refractivity contribution in [2.75, 3.05) is 12.4 Å². The van der Waals surface area contributed by atoms with Gasteiger partial charge in [-0.05, 0) is 50.5 Å². The van der Waals surface area contributed by atoms with Gasteiger partial charge in [-0.1, -0.05) is 43.2 Å². The zero-order valence-electron chi connectivity index (χ0n) is 17.1. The molecule has 0 saturated heterocycles. The van der Waals surface area contributed by atoms with Crippen LogP contribution in [0.1, 0.15) is 45.1 Å². The number of ether oxygens (including phenoxy) is 1. The molecule has 7 heteroatoms. The Morgan fingerprint density at radius 3 is 2.31 bits per heavy atom. The summed E-state index contributed by atoms with van der Waals surface area (Å²) in [6.07, 6.45) is 3.48. The molecule has 1 aliphatic rings. The predicted octanol–water partition coefficient (Wildman–Crippen LogP) is 3.83. The third-order valence-corrected chi connectivity index (χ3v) is 6.99. The van der Waals surface area contributed by atoms with Gasteiger partial charge in [0.2, 0.25) is 15.9 Å². The second-order valence-electron chi connectivity index (χ2n) is 7.75. The lowest BCUT2D eigenvalue weighted by Crippen LogP contribution is -2.38. The number of hydrogen-bond donors (Lipinski definition) is 2. The van der Waals surface area contributed by atoms with Crippen molar-refractivity contribution in [1.29, 1.82) is 0 Å². The maximum absolute atomic E-state index is 13.4. The van der Waals surface area contributed by atoms with Crippen LogP contribution in [0.5, 0.6) is 5.75 Å². The normalized spacial score (nSPS) is 16.0. The van der Waals surface area contributed by atoms with E-state index in [-0.39, 0.29) is 16.8 Å². The summed E-state index contributed by atoms with van der Waals surface area (Å²) in [5.74, 6) is 0.286. The first kappa shape index (κ1) is 21.3. The zero-order valence-corrected chi connectivity index (χ0v) is 17.9. The SMILES string of the molecule is COc1ccc(S(=O)(=O)NC(C)C)cc1NC(=O)C1(c2ccccc2)CCCC1. The smallest absolute Gasteiger partial charge is 0.240 e. The van der Waals surface area contributed by atoms with Crippen molar-refractivity contribution in [3.63, 3.8) is 0 Å². The van der Waals surface area contributed by atoms with E-state index in [0.29, 0.717) is 11.4 Å². The first-order valence-corrected chi connectivity index (χ1v) is 11.3. The summed E-state index contributed by atoms with van der Waals surface area (Å²) in [5.41, 5.74) is 0.725. The monoisotopic (exact) mass is 416 g/mol. The molecule has 1 fully saturated rings. The summed E-state index contributed by atoms with van der Waals surface area (Å²) >= 11 is 0. The van der Waals surface area contributed by atoms with Gasteiger partial charge in [-0.3, -0.25) is 4.79 Å². The molecule has 0 bridgehead atoms. The van der Waals surface area contributed by atoms with Gasteiger partial charge in [0.15, 0.2) is 0 Å². The van der Waals surface area contributed by atoms with Crippen LogP contribution in [0, 0.1) is 0 Å². The number of anilines is 1. The van der Waals surface area contributed by atoms with Gasteiger partial charge in [0.05, 0.1) is 23.1 Å². The van der Waals surface area contributed by atoms with Gasteiger partial charge >= 0.3 is 0 Å². The lowest BCUT2D eigenvalue weighted by Gasteiger charge is -2.28. The molecule has 0 unspecified atom stereocenters. The molecule has 2 aromatic rings. The van der Waals surface area contributed by atoms with Crippen LogP contribution in [0.4, 0.5) is 5.69 Å². The molecule has 0 spiro atoms. The van der Waals surface area contributed by atoms with E-state index in [0.717, 1.165) is 31.2 Å². The summed E-state index contributed by atoms with van der Waals surface area (Å²) < 4.78 is 33.0. The van der Waals surface area contributed by atoms with Gasteiger partial charge in [0, 0.05) is 6.04 Å². The molecule has 156 valence electrons. The van der Waals surface area contributed by atoms with Crippen LogP contribution in [0.3, 0.4) is 0 Å². The van der Waals surface area contributed by atoms with Crippen LogP contribution in [0.25, 0.3) is 0 Å². The third-order valence-electron chi connectivity index (χ3n) is 5.34. The van der Waals surface area contributed by atoms with E-state index in [1.807, 2.05) is 30.3 Å². The Morgan fingerprint density at radius 2 is 1.72 bits per heavy atom. The molecule has 0 radical (unpaired) electrons. The number of sulfonamides is 1. The lowest BCUT2D eigenvalue weighted by molar-refractivity contribution is -0.121. The highest BCUT2D eigenvalue weighted by Gasteiger charge is 2.42. The van der Waals surface area contributed by atoms with Gasteiger partial charge in [-0.15, -0.1) is 0 Å². The van der Waals surface area contributed by atoms with E-state index >= 15 is 0 Å². The van der Waals surface area contributed by atoms with Crippen LogP contribution in [0.15, 0.2) is 53.4 Å². The molecule has 2 N–H and O–H groups in total. The molecule has 3 rings (SSSR count). The molecule has 0 atom stereocenters. The highest BCUT2D eigenvalue weighted by Crippen LogP contribution is 2.42. The number of rotatable bonds is 7. The van der Waals surface area contributed by atoms with Crippen molar-refractivity contribution >= 4 is 21.6 Å². The van der Waals surface area contributed by atoms with E-state index < -0.39 is 15.4 Å². The summed E-state index contributed by atoms with van der Waals surface area (Å²) in [6.45, 7) is 3.51. The van der Waals surface area contributed by atoms with Gasteiger partial charge in [0.25, 0.3) is 0 Å². The van der Waals surface area contributed by atoms with Crippen LogP contribution in [-0.4, -0.2) is 27.5 Å². The minimum Gasteiger partial charge on any atom is -0.495 e. The topological polar surface area (TPSA) is 84.5 Å². The predicted molar refractivity (Wildman–Crippen MR) is 114 cm³/mol. The highest BCUT2D eigenvalue weighted by molar-refractivity contribution is 7.89. The van der Waals surface area contributed by atoms with Crippen molar-refractivity contribution < 1.29 is 17.9 Å². The fourth-order valence-corrected chi connectivity index (χ4v) is 5.23. The Hall–Kier alpha value is -2.38. The molecule has 6 nitrogen and oxygen atoms in total. The first-order chi connectivity index (χ1) is 13.8. The van der Waals surface area contributed by atoms with E-state index in [9.17, 15) is 13.2 Å². The average Bonchev–Trinajstić information content (AvgIpc) is 3.19. The minimum atomic E-state index is -3.69. The van der Waals surface area contributed by atoms with Gasteiger partial charge in [-0.2, -0.15) is 0 Å². The highest BCUT2D eigenvalue weighted by atomic mass is 32.2. The second-order valence-corrected chi connectivity index (χ2v) is 9.46. The number of nitrogens with one attached hydrogen (secondary N) is 2. The quantitative estimate of drug-likeness (QED) is 0.718. The molecule has 1 saturated carbocycles. The number of benzene rings is 2. The molecule has 1 amide bonds. The van der Waals surface area contributed by atoms with Crippen LogP contribution in [-0.2, 0) is 20.2 Å². The number of methoxy groups -OCH3 is 1. The Morgan fingerprint density at radius 1 is 1.07 bits per heavy atom. The van der Waals surface area contributed by atoms with E-state index in [2.05, 4.69) is 10.0 Å². The summed E-state index contributed by atoms with van der Waals surface area (Å²) in [5, 5.41) is 2.95. The molecule has 1 aliphatic carbocycles. The lowest BCUT2D eigenvalue weighted by atomic mass is 9.78. The fourth-order valence-electron chi connectivity index (χ4n) is 3.95. The second kappa shape index (κ2) is 8.55. The maximum Gasteiger partial charge on any atom is 0.240 e. The van der Waals surface area contributed by atoms with Gasteiger partial charge < -0.3 is 10.1 Å². The Kier molecular flexibility index (Phi) is 6.29. The van der Waals surface area contributed by atoms with Crippen molar-refractivity contribution in [1.82, 2.24) is 4.72 Å². The van der Waals surface area contributed by atoms with E-state index in [1.165, 1.54) is 19.2 Å². The van der Waals surface area contributed by atoms with Crippen LogP contribution >= 0.6 is 0 Å². The Labute approximate surface area is 172 Å². The molecule has 29 heavy (non-hydrogen) atoms. The minimum absolute atomic E-state index is 0.0856. The Balaban J connectivity index is 1.96. The molecule has 0 aliphatic heterocycles. The Bertz CT molecular complexity index is 966. The number of carbonyl (C=O) groups excluding carboxylic acids is 1. The van der Waals surface area contributed by atoms with Gasteiger partial charge in [-0.25, -0.2) is 13.1 Å². The maximum atomic E-state index is 13.4. The largest absolute Gasteiger partial charge is 0.495 e. The summed E-state index contributed by atoms with van der Waals surface area (Å²) in [4.78, 5) is 13.5. The number of hydrogen-bond acceptors (Lipinski definition) is 4. The van der Waals surface area contributed by atoms with Gasteiger partial charge in [0.1, 0.15) is 5.75 Å². The molecular formula is C22H28N2O4S. The van der Waals surface area contributed by atoms with Crippen molar-refractivity contribution in [3.05, 3.63) is 54.1 Å². The van der Waals surface area contributed by atoms with Crippen LogP contribution in [0.2, 0.25) is 0 Å². The average molecular weight is 417 g/mol. The molecule has 0 aromatic heterocycles. The van der Waals surface area contributed by atoms with E-state index in [1.54, 1.807) is 19.9 Å². The number of carbonyl (C=O) groups is 1. The number of amides is 1. The molecule has 0 heterocycles. The summed E-state index contributed by atoms with van der Waals surface area (Å²) in [6, 6.07) is 14.0. The summed E-state index contributed by atoms with van der Waals surface area (Å²) in [7, 11) is -2.19. The van der Waals surface area contributed by atoms with Crippen molar-refractivity contribution in [3.8, 4) is 5.75 Å². The zero-order chi connectivity index (χ0) is 21.1. The molecule has 2 aromatic carbocycles. The molecular weight excluding hydrogens is 388 g/mol. The van der Waals surface area contributed by atoms with E-state index in [4.69, 9.17) is 4.74 Å². The first-order valence-electron chi connectivity index (χ1n) is 9.86. The fraction of sp³-hybridized carbons (Fsp3) is 0.409. The standard InChI is InChI=1S/C22H28N2O4S/c1-16(2)24-29(26,27)18-11-12-20(28-3)19(15-18)23-21(25)22(13-7-8-14-22)17-9-5-4-6-10-17/h4-6,9-12,15-16,24H,7-8,13-14H2,1-3H3,(H,23,25). The van der Waals surface area contributed by atoms with Crippen molar-refractivity contribution in [2.45, 2.75) is 55.9 Å². The third kappa shape index (κ3) is 4.46. The van der Waals surface area contributed by atoms with Crippen LogP contribution < -0.4 is 14.8 Å². The van der Waals surface area contributed by atoms with Crippen molar-refractivity contribution in [2.24, 2.45) is 0 Å².